The molecule has 1 aromatic carbocycles. The number of rotatable bonds is 2. The van der Waals surface area contributed by atoms with Gasteiger partial charge in [-0.1, -0.05) is 18.2 Å². The molecule has 0 atom stereocenters. The number of para-hydroxylation sites is 1. The second kappa shape index (κ2) is 4.17. The largest absolute Gasteiger partial charge is 0.464 e. The minimum absolute atomic E-state index is 0.398. The molecule has 0 amide bonds. The van der Waals surface area contributed by atoms with Crippen molar-refractivity contribution in [1.82, 2.24) is 9.97 Å². The van der Waals surface area contributed by atoms with E-state index in [-0.39, 0.29) is 0 Å². The van der Waals surface area contributed by atoms with Gasteiger partial charge >= 0.3 is 0 Å². The highest BCUT2D eigenvalue weighted by Gasteiger charge is 2.20. The number of nitrogens with zero attached hydrogens (tertiary/aromatic N) is 2. The second-order valence-corrected chi connectivity index (χ2v) is 4.97. The lowest BCUT2D eigenvalue weighted by atomic mass is 10.1. The number of aliphatic hydroxyl groups is 1. The molecule has 96 valence electrons. The van der Waals surface area contributed by atoms with E-state index in [0.717, 1.165) is 22.2 Å². The van der Waals surface area contributed by atoms with Gasteiger partial charge in [-0.05, 0) is 26.0 Å². The molecular weight excluding hydrogens is 240 g/mol. The fourth-order valence-electron chi connectivity index (χ4n) is 1.98. The smallest absolute Gasteiger partial charge is 0.160 e. The third-order valence-electron chi connectivity index (χ3n) is 2.96. The van der Waals surface area contributed by atoms with Crippen molar-refractivity contribution in [2.24, 2.45) is 0 Å². The Bertz CT molecular complexity index is 726. The summed E-state index contributed by atoms with van der Waals surface area (Å²) in [5.41, 5.74) is 1.41. The Balaban J connectivity index is 2.17. The second-order valence-electron chi connectivity index (χ2n) is 4.97. The summed E-state index contributed by atoms with van der Waals surface area (Å²) in [7, 11) is 0. The Morgan fingerprint density at radius 3 is 2.74 bits per heavy atom. The number of furan rings is 1. The zero-order chi connectivity index (χ0) is 13.5. The Kier molecular flexibility index (Phi) is 2.61. The van der Waals surface area contributed by atoms with Crippen LogP contribution >= 0.6 is 0 Å². The van der Waals surface area contributed by atoms with Crippen LogP contribution in [0.25, 0.3) is 22.2 Å². The highest BCUT2D eigenvalue weighted by atomic mass is 16.3. The molecule has 1 N–H and O–H groups in total. The van der Waals surface area contributed by atoms with Gasteiger partial charge in [0.15, 0.2) is 5.82 Å². The van der Waals surface area contributed by atoms with E-state index >= 15 is 0 Å². The Hall–Kier alpha value is -2.20. The average molecular weight is 254 g/mol. The van der Waals surface area contributed by atoms with E-state index in [1.165, 1.54) is 0 Å². The molecule has 0 aliphatic carbocycles. The maximum atomic E-state index is 9.98. The van der Waals surface area contributed by atoms with Crippen molar-refractivity contribution < 1.29 is 9.52 Å². The van der Waals surface area contributed by atoms with Gasteiger partial charge in [-0.2, -0.15) is 0 Å². The first kappa shape index (κ1) is 11.9. The van der Waals surface area contributed by atoms with Crippen LogP contribution in [0, 0.1) is 0 Å². The van der Waals surface area contributed by atoms with Gasteiger partial charge in [0.2, 0.25) is 0 Å². The quantitative estimate of drug-likeness (QED) is 0.763. The van der Waals surface area contributed by atoms with Gasteiger partial charge < -0.3 is 9.52 Å². The first-order chi connectivity index (χ1) is 9.05. The number of hydrogen-bond acceptors (Lipinski definition) is 4. The molecule has 0 aliphatic heterocycles. The summed E-state index contributed by atoms with van der Waals surface area (Å²) in [6.45, 7) is 3.33. The summed E-state index contributed by atoms with van der Waals surface area (Å²) >= 11 is 0. The standard InChI is InChI=1S/C15H14N2O2/c1-15(2,18)14-16-8-7-12(17-14)11-9-19-13-6-4-3-5-10(11)13/h3-9,18H,1-2H3. The first-order valence-electron chi connectivity index (χ1n) is 6.08. The van der Waals surface area contributed by atoms with Crippen molar-refractivity contribution in [2.75, 3.05) is 0 Å². The molecule has 0 fully saturated rings. The van der Waals surface area contributed by atoms with Gasteiger partial charge in [-0.15, -0.1) is 0 Å². The van der Waals surface area contributed by atoms with Crippen LogP contribution in [0.4, 0.5) is 0 Å². The van der Waals surface area contributed by atoms with E-state index in [0.29, 0.717) is 5.82 Å². The van der Waals surface area contributed by atoms with Crippen LogP contribution in [-0.2, 0) is 5.60 Å². The third-order valence-corrected chi connectivity index (χ3v) is 2.96. The summed E-state index contributed by atoms with van der Waals surface area (Å²) in [5.74, 6) is 0.398. The van der Waals surface area contributed by atoms with Gasteiger partial charge in [0.1, 0.15) is 17.4 Å². The number of aromatic nitrogens is 2. The van der Waals surface area contributed by atoms with Gasteiger partial charge in [0.25, 0.3) is 0 Å². The van der Waals surface area contributed by atoms with E-state index in [9.17, 15) is 5.11 Å². The molecule has 19 heavy (non-hydrogen) atoms. The molecule has 2 heterocycles. The minimum atomic E-state index is -1.06. The van der Waals surface area contributed by atoms with Gasteiger partial charge in [0, 0.05) is 17.1 Å². The van der Waals surface area contributed by atoms with Crippen molar-refractivity contribution in [2.45, 2.75) is 19.4 Å². The molecule has 0 spiro atoms. The fourth-order valence-corrected chi connectivity index (χ4v) is 1.98. The maximum absolute atomic E-state index is 9.98. The normalized spacial score (nSPS) is 11.9. The zero-order valence-electron chi connectivity index (χ0n) is 10.8. The lowest BCUT2D eigenvalue weighted by Gasteiger charge is -2.15. The summed E-state index contributed by atoms with van der Waals surface area (Å²) in [5, 5.41) is 11.0. The summed E-state index contributed by atoms with van der Waals surface area (Å²) < 4.78 is 5.51. The molecule has 0 unspecified atom stereocenters. The monoisotopic (exact) mass is 254 g/mol. The van der Waals surface area contributed by atoms with E-state index < -0.39 is 5.60 Å². The van der Waals surface area contributed by atoms with Crippen molar-refractivity contribution in [3.05, 3.63) is 48.6 Å². The molecule has 3 rings (SSSR count). The molecule has 0 saturated carbocycles. The molecular formula is C15H14N2O2. The molecule has 0 radical (unpaired) electrons. The summed E-state index contributed by atoms with van der Waals surface area (Å²) in [4.78, 5) is 8.52. The van der Waals surface area contributed by atoms with Gasteiger partial charge in [-0.3, -0.25) is 0 Å². The molecule has 2 aromatic heterocycles. The lowest BCUT2D eigenvalue weighted by Crippen LogP contribution is -2.19. The maximum Gasteiger partial charge on any atom is 0.160 e. The van der Waals surface area contributed by atoms with E-state index in [2.05, 4.69) is 9.97 Å². The Labute approximate surface area is 110 Å². The van der Waals surface area contributed by atoms with Crippen LogP contribution in [0.15, 0.2) is 47.2 Å². The fraction of sp³-hybridized carbons (Fsp3) is 0.200. The lowest BCUT2D eigenvalue weighted by molar-refractivity contribution is 0.0688. The van der Waals surface area contributed by atoms with Crippen LogP contribution in [0.3, 0.4) is 0 Å². The minimum Gasteiger partial charge on any atom is -0.464 e. The van der Waals surface area contributed by atoms with E-state index in [1.807, 2.05) is 30.3 Å². The van der Waals surface area contributed by atoms with E-state index in [1.54, 1.807) is 26.3 Å². The first-order valence-corrected chi connectivity index (χ1v) is 6.08. The average Bonchev–Trinajstić information content (AvgIpc) is 2.82. The highest BCUT2D eigenvalue weighted by molar-refractivity contribution is 5.92. The van der Waals surface area contributed by atoms with Crippen molar-refractivity contribution in [3.63, 3.8) is 0 Å². The number of benzene rings is 1. The molecule has 0 saturated heterocycles. The molecule has 4 heteroatoms. The van der Waals surface area contributed by atoms with E-state index in [4.69, 9.17) is 4.42 Å². The number of hydrogen-bond donors (Lipinski definition) is 1. The van der Waals surface area contributed by atoms with Crippen LogP contribution in [0.2, 0.25) is 0 Å². The molecule has 0 aliphatic rings. The third kappa shape index (κ3) is 2.11. The topological polar surface area (TPSA) is 59.2 Å². The molecule has 0 bridgehead atoms. The zero-order valence-corrected chi connectivity index (χ0v) is 10.8. The van der Waals surface area contributed by atoms with Crippen LogP contribution in [0.5, 0.6) is 0 Å². The highest BCUT2D eigenvalue weighted by Crippen LogP contribution is 2.29. The van der Waals surface area contributed by atoms with Gasteiger partial charge in [0.05, 0.1) is 5.69 Å². The molecule has 4 nitrogen and oxygen atoms in total. The SMILES string of the molecule is CC(C)(O)c1nccc(-c2coc3ccccc23)n1. The number of fused-ring (bicyclic) bond motifs is 1. The van der Waals surface area contributed by atoms with Gasteiger partial charge in [-0.25, -0.2) is 9.97 Å². The predicted octanol–water partition coefficient (Wildman–Crippen LogP) is 3.12. The van der Waals surface area contributed by atoms with Crippen LogP contribution in [-0.4, -0.2) is 15.1 Å². The summed E-state index contributed by atoms with van der Waals surface area (Å²) in [6, 6.07) is 9.60. The Morgan fingerprint density at radius 2 is 1.95 bits per heavy atom. The summed E-state index contributed by atoms with van der Waals surface area (Å²) in [6.07, 6.45) is 3.33. The van der Waals surface area contributed by atoms with Crippen molar-refractivity contribution in [1.29, 1.82) is 0 Å². The Morgan fingerprint density at radius 1 is 1.16 bits per heavy atom. The van der Waals surface area contributed by atoms with Crippen LogP contribution in [0.1, 0.15) is 19.7 Å². The molecule has 3 aromatic rings. The van der Waals surface area contributed by atoms with Crippen molar-refractivity contribution >= 4 is 11.0 Å². The van der Waals surface area contributed by atoms with Crippen LogP contribution < -0.4 is 0 Å². The van der Waals surface area contributed by atoms with Crippen molar-refractivity contribution in [3.8, 4) is 11.3 Å². The predicted molar refractivity (Wildman–Crippen MR) is 72.5 cm³/mol.